The second kappa shape index (κ2) is 73.8. The average molecular weight is 1330 g/mol. The summed E-state index contributed by atoms with van der Waals surface area (Å²) in [4.78, 5) is 13.2. The van der Waals surface area contributed by atoms with Gasteiger partial charge in [0.1, 0.15) is 24.4 Å². The molecule has 7 atom stereocenters. The minimum atomic E-state index is -1.58. The molecule has 1 saturated heterocycles. The van der Waals surface area contributed by atoms with Crippen LogP contribution < -0.4 is 5.32 Å². The molecule has 9 heteroatoms. The number of hydrogen-bond donors (Lipinski definition) is 6. The molecule has 95 heavy (non-hydrogen) atoms. The van der Waals surface area contributed by atoms with Crippen molar-refractivity contribution in [1.29, 1.82) is 0 Å². The summed E-state index contributed by atoms with van der Waals surface area (Å²) in [7, 11) is 0. The maximum absolute atomic E-state index is 13.2. The summed E-state index contributed by atoms with van der Waals surface area (Å²) in [6.07, 6.45) is 101. The van der Waals surface area contributed by atoms with E-state index in [2.05, 4.69) is 104 Å². The predicted molar refractivity (Wildman–Crippen MR) is 410 cm³/mol. The van der Waals surface area contributed by atoms with E-state index in [1.807, 2.05) is 6.08 Å². The summed E-state index contributed by atoms with van der Waals surface area (Å²) in [5.41, 5.74) is 0. The molecule has 6 N–H and O–H groups in total. The Morgan fingerprint density at radius 2 is 0.663 bits per heavy atom. The molecule has 1 amide bonds. The molecule has 7 unspecified atom stereocenters. The van der Waals surface area contributed by atoms with Crippen LogP contribution in [0.4, 0.5) is 0 Å². The normalized spacial score (nSPS) is 18.0. The summed E-state index contributed by atoms with van der Waals surface area (Å²) in [5, 5.41) is 54.9. The van der Waals surface area contributed by atoms with Crippen LogP contribution in [0, 0.1) is 0 Å². The number of carbonyl (C=O) groups is 1. The number of hydrogen-bond acceptors (Lipinski definition) is 8. The maximum atomic E-state index is 13.2. The first-order chi connectivity index (χ1) is 46.8. The lowest BCUT2D eigenvalue weighted by molar-refractivity contribution is -0.302. The van der Waals surface area contributed by atoms with Crippen LogP contribution in [-0.2, 0) is 14.3 Å². The molecule has 1 aliphatic rings. The summed E-state index contributed by atoms with van der Waals surface area (Å²) in [6.45, 7) is 3.70. The van der Waals surface area contributed by atoms with Gasteiger partial charge in [0.05, 0.1) is 25.4 Å². The minimum Gasteiger partial charge on any atom is -0.394 e. The van der Waals surface area contributed by atoms with E-state index in [1.165, 1.54) is 289 Å². The number of aliphatic hydroxyl groups is 5. The van der Waals surface area contributed by atoms with Crippen LogP contribution >= 0.6 is 0 Å². The fraction of sp³-hybridized carbons (Fsp3) is 0.802. The fourth-order valence-electron chi connectivity index (χ4n) is 12.8. The van der Waals surface area contributed by atoms with E-state index in [0.717, 1.165) is 77.0 Å². The Morgan fingerprint density at radius 3 is 1.01 bits per heavy atom. The first-order valence-electron chi connectivity index (χ1n) is 41.0. The lowest BCUT2D eigenvalue weighted by atomic mass is 9.99. The van der Waals surface area contributed by atoms with E-state index in [4.69, 9.17) is 9.47 Å². The number of ether oxygens (including phenoxy) is 2. The SMILES string of the molecule is CC/C=C\C/C=C\C/C=C\C/C=C\C/C=C\C/C=C\CCCCCCCCCCCCCCCCCCCCCCC(=O)NC(COC1OC(CO)C(O)C(O)C1O)C(O)/C=C/CC/C=C/CCCCCCCCCCCCCCCCCCCCCCCCCCCCC. The molecule has 1 fully saturated rings. The van der Waals surface area contributed by atoms with Gasteiger partial charge in [0, 0.05) is 6.42 Å². The number of nitrogens with one attached hydrogen (secondary N) is 1. The number of carbonyl (C=O) groups excluding carboxylic acids is 1. The van der Waals surface area contributed by atoms with Crippen LogP contribution in [0.1, 0.15) is 386 Å². The van der Waals surface area contributed by atoms with Gasteiger partial charge < -0.3 is 40.3 Å². The van der Waals surface area contributed by atoms with Crippen molar-refractivity contribution in [2.75, 3.05) is 13.2 Å². The number of amides is 1. The second-order valence-corrected chi connectivity index (χ2v) is 28.2. The molecule has 1 rings (SSSR count). The van der Waals surface area contributed by atoms with Crippen molar-refractivity contribution in [3.05, 3.63) is 97.2 Å². The zero-order chi connectivity index (χ0) is 68.5. The molecule has 0 aromatic carbocycles. The zero-order valence-electron chi connectivity index (χ0n) is 62.2. The topological polar surface area (TPSA) is 149 Å². The number of allylic oxidation sites excluding steroid dienone is 15. The third-order valence-corrected chi connectivity index (χ3v) is 19.1. The summed E-state index contributed by atoms with van der Waals surface area (Å²) < 4.78 is 11.3. The van der Waals surface area contributed by atoms with Gasteiger partial charge in [-0.2, -0.15) is 0 Å². The van der Waals surface area contributed by atoms with E-state index in [0.29, 0.717) is 6.42 Å². The number of rotatable bonds is 72. The Labute approximate surface area is 587 Å². The predicted octanol–water partition coefficient (Wildman–Crippen LogP) is 23.8. The van der Waals surface area contributed by atoms with E-state index < -0.39 is 49.5 Å². The highest BCUT2D eigenvalue weighted by Crippen LogP contribution is 2.24. The van der Waals surface area contributed by atoms with Gasteiger partial charge in [-0.15, -0.1) is 0 Å². The van der Waals surface area contributed by atoms with E-state index in [9.17, 15) is 30.3 Å². The molecular formula is C86H155NO8. The third kappa shape index (κ3) is 61.9. The van der Waals surface area contributed by atoms with Crippen LogP contribution in [0.25, 0.3) is 0 Å². The van der Waals surface area contributed by atoms with Crippen molar-refractivity contribution >= 4 is 5.91 Å². The molecule has 1 heterocycles. The molecule has 0 bridgehead atoms. The van der Waals surface area contributed by atoms with Crippen molar-refractivity contribution in [2.45, 2.75) is 429 Å². The van der Waals surface area contributed by atoms with E-state index in [1.54, 1.807) is 6.08 Å². The van der Waals surface area contributed by atoms with Gasteiger partial charge in [0.25, 0.3) is 0 Å². The van der Waals surface area contributed by atoms with Gasteiger partial charge in [-0.1, -0.05) is 394 Å². The number of aliphatic hydroxyl groups excluding tert-OH is 5. The van der Waals surface area contributed by atoms with Crippen LogP contribution in [0.15, 0.2) is 97.2 Å². The van der Waals surface area contributed by atoms with E-state index in [-0.39, 0.29) is 12.5 Å². The summed E-state index contributed by atoms with van der Waals surface area (Å²) in [5.74, 6) is -0.182. The number of unbranched alkanes of at least 4 members (excludes halogenated alkanes) is 48. The van der Waals surface area contributed by atoms with Crippen LogP contribution in [0.2, 0.25) is 0 Å². The molecule has 0 aliphatic carbocycles. The lowest BCUT2D eigenvalue weighted by Crippen LogP contribution is -2.60. The molecule has 0 aromatic rings. The van der Waals surface area contributed by atoms with Gasteiger partial charge in [-0.3, -0.25) is 4.79 Å². The van der Waals surface area contributed by atoms with Gasteiger partial charge in [0.15, 0.2) is 6.29 Å². The van der Waals surface area contributed by atoms with Crippen LogP contribution in [0.3, 0.4) is 0 Å². The molecule has 0 spiro atoms. The van der Waals surface area contributed by atoms with Crippen molar-refractivity contribution in [3.8, 4) is 0 Å². The largest absolute Gasteiger partial charge is 0.394 e. The molecule has 0 aromatic heterocycles. The Balaban J connectivity index is 2.08. The van der Waals surface area contributed by atoms with Gasteiger partial charge >= 0.3 is 0 Å². The smallest absolute Gasteiger partial charge is 0.220 e. The van der Waals surface area contributed by atoms with E-state index >= 15 is 0 Å². The van der Waals surface area contributed by atoms with Crippen molar-refractivity contribution in [2.24, 2.45) is 0 Å². The summed E-state index contributed by atoms with van der Waals surface area (Å²) in [6, 6.07) is -0.827. The molecule has 9 nitrogen and oxygen atoms in total. The fourth-order valence-corrected chi connectivity index (χ4v) is 12.8. The van der Waals surface area contributed by atoms with Gasteiger partial charge in [-0.25, -0.2) is 0 Å². The molecule has 1 aliphatic heterocycles. The molecular weight excluding hydrogens is 1170 g/mol. The van der Waals surface area contributed by atoms with Crippen LogP contribution in [0.5, 0.6) is 0 Å². The average Bonchev–Trinajstić information content (AvgIpc) is 0.836. The van der Waals surface area contributed by atoms with Gasteiger partial charge in [0.2, 0.25) is 5.91 Å². The quantitative estimate of drug-likeness (QED) is 0.0261. The first-order valence-corrected chi connectivity index (χ1v) is 41.0. The highest BCUT2D eigenvalue weighted by atomic mass is 16.7. The molecule has 0 saturated carbocycles. The van der Waals surface area contributed by atoms with Crippen molar-refractivity contribution in [3.63, 3.8) is 0 Å². The minimum absolute atomic E-state index is 0.182. The second-order valence-electron chi connectivity index (χ2n) is 28.2. The van der Waals surface area contributed by atoms with Crippen molar-refractivity contribution in [1.82, 2.24) is 5.32 Å². The standard InChI is InChI=1S/C86H155NO8/c1-3-5-7-9-11-13-15-17-19-21-23-25-27-29-31-33-35-37-38-39-40-41-42-44-46-48-50-52-54-56-58-60-62-64-66-68-70-72-74-76-82(90)87-79(78-94-86-85(93)84(92)83(91)81(77-88)95-86)80(89)75-73-71-69-67-65-63-61-59-57-55-53-51-49-47-45-43-36-34-32-30-28-26-24-22-20-18-16-14-12-10-8-6-4-2/h5,7,11,13,17,19,23,25,29,31,35,37,65,67,73,75,79-81,83-86,88-89,91-93H,3-4,6,8-10,12,14-16,18,20-22,24,26-28,30,32-34,36,38-64,66,68-72,74,76-78H2,1-2H3,(H,87,90)/b7-5-,13-11-,19-17-,25-23-,31-29-,37-35-,67-65+,75-73+. The summed E-state index contributed by atoms with van der Waals surface area (Å²) >= 11 is 0. The molecule has 552 valence electrons. The lowest BCUT2D eigenvalue weighted by Gasteiger charge is -2.40. The highest BCUT2D eigenvalue weighted by Gasteiger charge is 2.44. The Hall–Kier alpha value is -2.89. The maximum Gasteiger partial charge on any atom is 0.220 e. The molecule has 0 radical (unpaired) electrons. The highest BCUT2D eigenvalue weighted by molar-refractivity contribution is 5.76. The zero-order valence-corrected chi connectivity index (χ0v) is 62.2. The van der Waals surface area contributed by atoms with Crippen LogP contribution in [-0.4, -0.2) is 87.5 Å². The Kier molecular flexibility index (Phi) is 70.0. The first kappa shape index (κ1) is 90.1. The third-order valence-electron chi connectivity index (χ3n) is 19.1. The Bertz CT molecular complexity index is 1840. The van der Waals surface area contributed by atoms with Gasteiger partial charge in [-0.05, 0) is 83.5 Å². The van der Waals surface area contributed by atoms with Crippen molar-refractivity contribution < 1.29 is 39.8 Å². The monoisotopic (exact) mass is 1330 g/mol. The Morgan fingerprint density at radius 1 is 0.368 bits per heavy atom.